The maximum atomic E-state index is 6.59. The summed E-state index contributed by atoms with van der Waals surface area (Å²) >= 11 is 0. The fourth-order valence-electron chi connectivity index (χ4n) is 2.97. The van der Waals surface area contributed by atoms with Crippen LogP contribution in [0.3, 0.4) is 0 Å². The Kier molecular flexibility index (Phi) is 4.01. The van der Waals surface area contributed by atoms with Crippen LogP contribution in [0.5, 0.6) is 0 Å². The molecule has 2 N–H and O–H groups in total. The van der Waals surface area contributed by atoms with Crippen LogP contribution < -0.4 is 5.73 Å². The SMILES string of the molecule is C=C[C@@H](Cc1ccccc1)C1(N)CCCCC1. The highest BCUT2D eigenvalue weighted by Gasteiger charge is 2.34. The third-order valence-electron chi connectivity index (χ3n) is 4.11. The Bertz CT molecular complexity index is 349. The van der Waals surface area contributed by atoms with E-state index in [1.807, 2.05) is 0 Å². The van der Waals surface area contributed by atoms with E-state index in [9.17, 15) is 0 Å². The van der Waals surface area contributed by atoms with Gasteiger partial charge in [-0.25, -0.2) is 0 Å². The van der Waals surface area contributed by atoms with Crippen LogP contribution in [0.15, 0.2) is 43.0 Å². The van der Waals surface area contributed by atoms with Crippen LogP contribution in [0.4, 0.5) is 0 Å². The van der Waals surface area contributed by atoms with Crippen molar-refractivity contribution in [3.63, 3.8) is 0 Å². The van der Waals surface area contributed by atoms with Crippen molar-refractivity contribution in [1.29, 1.82) is 0 Å². The molecule has 2 rings (SSSR count). The van der Waals surface area contributed by atoms with Crippen LogP contribution in [0.1, 0.15) is 37.7 Å². The third kappa shape index (κ3) is 2.98. The summed E-state index contributed by atoms with van der Waals surface area (Å²) in [6, 6.07) is 10.6. The normalized spacial score (nSPS) is 20.8. The van der Waals surface area contributed by atoms with Crippen LogP contribution in [-0.2, 0) is 6.42 Å². The van der Waals surface area contributed by atoms with Gasteiger partial charge in [0, 0.05) is 5.54 Å². The molecular formula is C16H23N. The number of benzene rings is 1. The number of hydrogen-bond acceptors (Lipinski definition) is 1. The predicted octanol–water partition coefficient (Wildman–Crippen LogP) is 3.69. The van der Waals surface area contributed by atoms with E-state index in [0.29, 0.717) is 5.92 Å². The van der Waals surface area contributed by atoms with Gasteiger partial charge in [-0.05, 0) is 30.7 Å². The molecule has 0 amide bonds. The van der Waals surface area contributed by atoms with E-state index < -0.39 is 0 Å². The topological polar surface area (TPSA) is 26.0 Å². The minimum atomic E-state index is -0.0180. The minimum Gasteiger partial charge on any atom is -0.325 e. The molecule has 1 atom stereocenters. The van der Waals surface area contributed by atoms with E-state index in [-0.39, 0.29) is 5.54 Å². The Morgan fingerprint density at radius 3 is 2.41 bits per heavy atom. The van der Waals surface area contributed by atoms with Gasteiger partial charge in [0.15, 0.2) is 0 Å². The lowest BCUT2D eigenvalue weighted by atomic mass is 9.71. The maximum Gasteiger partial charge on any atom is 0.0220 e. The molecule has 0 aliphatic heterocycles. The second-order valence-corrected chi connectivity index (χ2v) is 5.33. The van der Waals surface area contributed by atoms with Crippen LogP contribution >= 0.6 is 0 Å². The summed E-state index contributed by atoms with van der Waals surface area (Å²) in [6.07, 6.45) is 9.28. The molecule has 1 aromatic carbocycles. The molecule has 1 aromatic rings. The van der Waals surface area contributed by atoms with Crippen molar-refractivity contribution >= 4 is 0 Å². The number of nitrogens with two attached hydrogens (primary N) is 1. The summed E-state index contributed by atoms with van der Waals surface area (Å²) < 4.78 is 0. The van der Waals surface area contributed by atoms with E-state index in [4.69, 9.17) is 5.73 Å². The average Bonchev–Trinajstić information content (AvgIpc) is 2.38. The molecule has 17 heavy (non-hydrogen) atoms. The molecule has 1 aliphatic carbocycles. The van der Waals surface area contributed by atoms with E-state index in [2.05, 4.69) is 43.0 Å². The molecule has 0 unspecified atom stereocenters. The molecule has 0 spiro atoms. The van der Waals surface area contributed by atoms with Gasteiger partial charge in [-0.2, -0.15) is 0 Å². The molecule has 0 bridgehead atoms. The Labute approximate surface area is 105 Å². The van der Waals surface area contributed by atoms with Crippen LogP contribution in [0, 0.1) is 5.92 Å². The third-order valence-corrected chi connectivity index (χ3v) is 4.11. The van der Waals surface area contributed by atoms with Crippen molar-refractivity contribution in [3.8, 4) is 0 Å². The second-order valence-electron chi connectivity index (χ2n) is 5.33. The first kappa shape index (κ1) is 12.4. The smallest absolute Gasteiger partial charge is 0.0220 e. The van der Waals surface area contributed by atoms with Gasteiger partial charge in [0.05, 0.1) is 0 Å². The molecule has 92 valence electrons. The van der Waals surface area contributed by atoms with Crippen molar-refractivity contribution in [2.24, 2.45) is 11.7 Å². The summed E-state index contributed by atoms with van der Waals surface area (Å²) in [4.78, 5) is 0. The van der Waals surface area contributed by atoms with Gasteiger partial charge in [0.1, 0.15) is 0 Å². The molecular weight excluding hydrogens is 206 g/mol. The molecule has 0 aromatic heterocycles. The first-order chi connectivity index (χ1) is 8.24. The summed E-state index contributed by atoms with van der Waals surface area (Å²) in [7, 11) is 0. The first-order valence-electron chi connectivity index (χ1n) is 6.70. The Morgan fingerprint density at radius 2 is 1.82 bits per heavy atom. The van der Waals surface area contributed by atoms with Gasteiger partial charge in [-0.15, -0.1) is 6.58 Å². The maximum absolute atomic E-state index is 6.59. The van der Waals surface area contributed by atoms with Gasteiger partial charge < -0.3 is 5.73 Å². The van der Waals surface area contributed by atoms with Crippen LogP contribution in [-0.4, -0.2) is 5.54 Å². The standard InChI is InChI=1S/C16H23N/c1-2-15(13-14-9-5-3-6-10-14)16(17)11-7-4-8-12-16/h2-3,5-6,9-10,15H,1,4,7-8,11-13,17H2/t15-/m0/s1. The Balaban J connectivity index is 2.08. The lowest BCUT2D eigenvalue weighted by Crippen LogP contribution is -2.48. The van der Waals surface area contributed by atoms with Crippen molar-refractivity contribution in [3.05, 3.63) is 48.6 Å². The van der Waals surface area contributed by atoms with Gasteiger partial charge in [-0.1, -0.05) is 55.7 Å². The van der Waals surface area contributed by atoms with Crippen molar-refractivity contribution in [2.45, 2.75) is 44.1 Å². The Hall–Kier alpha value is -1.08. The first-order valence-corrected chi connectivity index (χ1v) is 6.70. The van der Waals surface area contributed by atoms with Gasteiger partial charge in [0.25, 0.3) is 0 Å². The molecule has 0 heterocycles. The van der Waals surface area contributed by atoms with E-state index in [0.717, 1.165) is 19.3 Å². The summed E-state index contributed by atoms with van der Waals surface area (Å²) in [5.74, 6) is 0.408. The van der Waals surface area contributed by atoms with Gasteiger partial charge in [0.2, 0.25) is 0 Å². The highest BCUT2D eigenvalue weighted by molar-refractivity contribution is 5.18. The molecule has 1 aliphatic rings. The lowest BCUT2D eigenvalue weighted by molar-refractivity contribution is 0.227. The number of rotatable bonds is 4. The lowest BCUT2D eigenvalue weighted by Gasteiger charge is -2.39. The monoisotopic (exact) mass is 229 g/mol. The molecule has 0 saturated heterocycles. The van der Waals surface area contributed by atoms with E-state index in [1.54, 1.807) is 0 Å². The minimum absolute atomic E-state index is 0.0180. The molecule has 1 saturated carbocycles. The van der Waals surface area contributed by atoms with Gasteiger partial charge in [-0.3, -0.25) is 0 Å². The second kappa shape index (κ2) is 5.50. The zero-order valence-corrected chi connectivity index (χ0v) is 10.6. The number of hydrogen-bond donors (Lipinski definition) is 1. The Morgan fingerprint density at radius 1 is 1.18 bits per heavy atom. The highest BCUT2D eigenvalue weighted by atomic mass is 14.8. The summed E-state index contributed by atoms with van der Waals surface area (Å²) in [5.41, 5.74) is 7.94. The largest absolute Gasteiger partial charge is 0.325 e. The summed E-state index contributed by atoms with van der Waals surface area (Å²) in [5, 5.41) is 0. The average molecular weight is 229 g/mol. The van der Waals surface area contributed by atoms with E-state index >= 15 is 0 Å². The predicted molar refractivity (Wildman–Crippen MR) is 73.8 cm³/mol. The van der Waals surface area contributed by atoms with Crippen LogP contribution in [0.2, 0.25) is 0 Å². The van der Waals surface area contributed by atoms with Crippen LogP contribution in [0.25, 0.3) is 0 Å². The van der Waals surface area contributed by atoms with Gasteiger partial charge >= 0.3 is 0 Å². The molecule has 1 fully saturated rings. The van der Waals surface area contributed by atoms with Crippen molar-refractivity contribution in [2.75, 3.05) is 0 Å². The fraction of sp³-hybridized carbons (Fsp3) is 0.500. The zero-order chi connectivity index (χ0) is 12.1. The fourth-order valence-corrected chi connectivity index (χ4v) is 2.97. The summed E-state index contributed by atoms with van der Waals surface area (Å²) in [6.45, 7) is 4.00. The van der Waals surface area contributed by atoms with Crippen molar-refractivity contribution < 1.29 is 0 Å². The molecule has 1 heteroatoms. The van der Waals surface area contributed by atoms with E-state index in [1.165, 1.54) is 24.8 Å². The highest BCUT2D eigenvalue weighted by Crippen LogP contribution is 2.34. The molecule has 1 nitrogen and oxygen atoms in total. The zero-order valence-electron chi connectivity index (χ0n) is 10.6. The van der Waals surface area contributed by atoms with Crippen molar-refractivity contribution in [1.82, 2.24) is 0 Å². The quantitative estimate of drug-likeness (QED) is 0.783. The molecule has 0 radical (unpaired) electrons.